The normalized spacial score (nSPS) is 11.9. The molecule has 6 nitrogen and oxygen atoms in total. The van der Waals surface area contributed by atoms with Crippen LogP contribution in [0.2, 0.25) is 0 Å². The number of aliphatic hydroxyl groups excluding tert-OH is 2. The van der Waals surface area contributed by atoms with Gasteiger partial charge in [-0.25, -0.2) is 8.42 Å². The maximum absolute atomic E-state index is 12.6. The van der Waals surface area contributed by atoms with E-state index in [0.29, 0.717) is 16.9 Å². The lowest BCUT2D eigenvalue weighted by atomic mass is 10.1. The summed E-state index contributed by atoms with van der Waals surface area (Å²) in [6.45, 7) is 2.69. The predicted molar refractivity (Wildman–Crippen MR) is 75.4 cm³/mol. The van der Waals surface area contributed by atoms with E-state index in [1.165, 1.54) is 7.11 Å². The molecular formula is C13H21NO5S. The molecule has 0 atom stereocenters. The number of nitrogens with zero attached hydrogens (tertiary/aromatic N) is 1. The van der Waals surface area contributed by atoms with Gasteiger partial charge in [-0.1, -0.05) is 0 Å². The van der Waals surface area contributed by atoms with Gasteiger partial charge in [-0.05, 0) is 37.1 Å². The van der Waals surface area contributed by atoms with Gasteiger partial charge in [0.2, 0.25) is 10.0 Å². The minimum absolute atomic E-state index is 0.0478. The first kappa shape index (κ1) is 16.9. The number of ether oxygens (including phenoxy) is 1. The van der Waals surface area contributed by atoms with Crippen LogP contribution in [0.15, 0.2) is 17.0 Å². The number of aliphatic hydroxyl groups is 2. The molecule has 0 aliphatic heterocycles. The number of benzene rings is 1. The van der Waals surface area contributed by atoms with Gasteiger partial charge in [-0.3, -0.25) is 0 Å². The monoisotopic (exact) mass is 303 g/mol. The largest absolute Gasteiger partial charge is 0.497 e. The van der Waals surface area contributed by atoms with Crippen LogP contribution in [0, 0.1) is 13.8 Å². The van der Waals surface area contributed by atoms with E-state index < -0.39 is 10.0 Å². The summed E-state index contributed by atoms with van der Waals surface area (Å²) in [4.78, 5) is 0.195. The number of hydrogen-bond donors (Lipinski definition) is 2. The highest BCUT2D eigenvalue weighted by atomic mass is 32.2. The fourth-order valence-electron chi connectivity index (χ4n) is 2.14. The Morgan fingerprint density at radius 2 is 1.55 bits per heavy atom. The average molecular weight is 303 g/mol. The summed E-state index contributed by atoms with van der Waals surface area (Å²) in [5, 5.41) is 18.0. The molecule has 0 unspecified atom stereocenters. The Kier molecular flexibility index (Phi) is 5.94. The third kappa shape index (κ3) is 3.49. The molecule has 0 fully saturated rings. The fraction of sp³-hybridized carbons (Fsp3) is 0.538. The lowest BCUT2D eigenvalue weighted by Crippen LogP contribution is -2.36. The van der Waals surface area contributed by atoms with Gasteiger partial charge < -0.3 is 14.9 Å². The first-order valence-corrected chi connectivity index (χ1v) is 7.69. The second kappa shape index (κ2) is 7.03. The average Bonchev–Trinajstić information content (AvgIpc) is 2.37. The maximum Gasteiger partial charge on any atom is 0.243 e. The van der Waals surface area contributed by atoms with E-state index in [-0.39, 0.29) is 31.2 Å². The molecule has 114 valence electrons. The van der Waals surface area contributed by atoms with Crippen molar-refractivity contribution < 1.29 is 23.4 Å². The van der Waals surface area contributed by atoms with Crippen LogP contribution in [0.4, 0.5) is 0 Å². The van der Waals surface area contributed by atoms with Crippen molar-refractivity contribution in [1.29, 1.82) is 0 Å². The van der Waals surface area contributed by atoms with Crippen molar-refractivity contribution in [2.24, 2.45) is 0 Å². The fourth-order valence-corrected chi connectivity index (χ4v) is 3.97. The second-order valence-corrected chi connectivity index (χ2v) is 6.32. The SMILES string of the molecule is COc1cc(C)c(S(=O)(=O)N(CCO)CCO)c(C)c1. The van der Waals surface area contributed by atoms with Gasteiger partial charge in [0.1, 0.15) is 5.75 Å². The summed E-state index contributed by atoms with van der Waals surface area (Å²) >= 11 is 0. The van der Waals surface area contributed by atoms with Gasteiger partial charge >= 0.3 is 0 Å². The second-order valence-electron chi connectivity index (χ2n) is 4.44. The number of hydrogen-bond acceptors (Lipinski definition) is 5. The van der Waals surface area contributed by atoms with Crippen LogP contribution in [0.5, 0.6) is 5.75 Å². The molecule has 1 aromatic rings. The van der Waals surface area contributed by atoms with E-state index >= 15 is 0 Å². The molecule has 0 aromatic heterocycles. The number of aryl methyl sites for hydroxylation is 2. The first-order chi connectivity index (χ1) is 9.38. The van der Waals surface area contributed by atoms with Crippen LogP contribution in [-0.2, 0) is 10.0 Å². The van der Waals surface area contributed by atoms with E-state index in [4.69, 9.17) is 14.9 Å². The van der Waals surface area contributed by atoms with Gasteiger partial charge in [-0.15, -0.1) is 0 Å². The van der Waals surface area contributed by atoms with Gasteiger partial charge in [0.25, 0.3) is 0 Å². The summed E-state index contributed by atoms with van der Waals surface area (Å²) in [6, 6.07) is 3.30. The summed E-state index contributed by atoms with van der Waals surface area (Å²) in [5.41, 5.74) is 1.14. The van der Waals surface area contributed by atoms with Crippen LogP contribution >= 0.6 is 0 Å². The molecule has 0 heterocycles. The molecular weight excluding hydrogens is 282 g/mol. The highest BCUT2D eigenvalue weighted by Crippen LogP contribution is 2.28. The van der Waals surface area contributed by atoms with Crippen molar-refractivity contribution in [3.05, 3.63) is 23.3 Å². The van der Waals surface area contributed by atoms with Crippen LogP contribution < -0.4 is 4.74 Å². The van der Waals surface area contributed by atoms with E-state index in [0.717, 1.165) is 4.31 Å². The van der Waals surface area contributed by atoms with Crippen LogP contribution in [0.3, 0.4) is 0 Å². The van der Waals surface area contributed by atoms with Crippen molar-refractivity contribution in [3.63, 3.8) is 0 Å². The Balaban J connectivity index is 3.33. The molecule has 2 N–H and O–H groups in total. The van der Waals surface area contributed by atoms with Crippen molar-refractivity contribution in [3.8, 4) is 5.75 Å². The summed E-state index contributed by atoms with van der Waals surface area (Å²) in [5.74, 6) is 0.592. The first-order valence-electron chi connectivity index (χ1n) is 6.25. The lowest BCUT2D eigenvalue weighted by molar-refractivity contribution is 0.217. The van der Waals surface area contributed by atoms with E-state index in [9.17, 15) is 8.42 Å². The summed E-state index contributed by atoms with van der Waals surface area (Å²) in [6.07, 6.45) is 0. The molecule has 0 aliphatic rings. The van der Waals surface area contributed by atoms with Crippen molar-refractivity contribution in [2.75, 3.05) is 33.4 Å². The molecule has 0 saturated heterocycles. The van der Waals surface area contributed by atoms with Gasteiger partial charge in [0.15, 0.2) is 0 Å². The van der Waals surface area contributed by atoms with Gasteiger partial charge in [0, 0.05) is 13.1 Å². The van der Waals surface area contributed by atoms with E-state index in [1.807, 2.05) is 0 Å². The Morgan fingerprint density at radius 3 is 1.90 bits per heavy atom. The highest BCUT2D eigenvalue weighted by Gasteiger charge is 2.27. The minimum atomic E-state index is -3.75. The van der Waals surface area contributed by atoms with Crippen LogP contribution in [0.1, 0.15) is 11.1 Å². The predicted octanol–water partition coefficient (Wildman–Crippen LogP) is 0.287. The quantitative estimate of drug-likeness (QED) is 0.756. The van der Waals surface area contributed by atoms with E-state index in [2.05, 4.69) is 0 Å². The zero-order valence-corrected chi connectivity index (χ0v) is 12.8. The molecule has 1 rings (SSSR count). The standard InChI is InChI=1S/C13H21NO5S/c1-10-8-12(19-3)9-11(2)13(10)20(17,18)14(4-6-15)5-7-16/h8-9,15-16H,4-7H2,1-3H3. The molecule has 0 aliphatic carbocycles. The third-order valence-electron chi connectivity index (χ3n) is 2.97. The molecule has 0 spiro atoms. The Bertz CT molecular complexity index is 527. The van der Waals surface area contributed by atoms with Crippen LogP contribution in [0.25, 0.3) is 0 Å². The molecule has 1 aromatic carbocycles. The van der Waals surface area contributed by atoms with Gasteiger partial charge in [-0.2, -0.15) is 4.31 Å². The Labute approximate surface area is 119 Å². The number of methoxy groups -OCH3 is 1. The Hall–Kier alpha value is -1.15. The molecule has 20 heavy (non-hydrogen) atoms. The number of rotatable bonds is 7. The number of sulfonamides is 1. The van der Waals surface area contributed by atoms with Crippen molar-refractivity contribution in [2.45, 2.75) is 18.7 Å². The summed E-state index contributed by atoms with van der Waals surface area (Å²) < 4.78 is 31.4. The molecule has 7 heteroatoms. The zero-order valence-electron chi connectivity index (χ0n) is 12.0. The van der Waals surface area contributed by atoms with Crippen LogP contribution in [-0.4, -0.2) is 56.3 Å². The maximum atomic E-state index is 12.6. The zero-order chi connectivity index (χ0) is 15.3. The van der Waals surface area contributed by atoms with Crippen molar-refractivity contribution >= 4 is 10.0 Å². The third-order valence-corrected chi connectivity index (χ3v) is 5.17. The highest BCUT2D eigenvalue weighted by molar-refractivity contribution is 7.89. The molecule has 0 radical (unpaired) electrons. The molecule has 0 saturated carbocycles. The topological polar surface area (TPSA) is 87.1 Å². The molecule has 0 amide bonds. The summed E-state index contributed by atoms with van der Waals surface area (Å²) in [7, 11) is -2.23. The Morgan fingerprint density at radius 1 is 1.10 bits per heavy atom. The smallest absolute Gasteiger partial charge is 0.243 e. The molecule has 0 bridgehead atoms. The van der Waals surface area contributed by atoms with E-state index in [1.54, 1.807) is 26.0 Å². The lowest BCUT2D eigenvalue weighted by Gasteiger charge is -2.23. The van der Waals surface area contributed by atoms with Gasteiger partial charge in [0.05, 0.1) is 25.2 Å². The minimum Gasteiger partial charge on any atom is -0.497 e. The van der Waals surface area contributed by atoms with Crippen molar-refractivity contribution in [1.82, 2.24) is 4.31 Å².